The molecule has 0 aromatic heterocycles. The number of hydrogen-bond acceptors (Lipinski definition) is 2. The molecular formula is C24H18ClNO2. The minimum atomic E-state index is -0.0722. The van der Waals surface area contributed by atoms with Crippen molar-refractivity contribution in [3.05, 3.63) is 107 Å². The summed E-state index contributed by atoms with van der Waals surface area (Å²) in [7, 11) is 1.63. The highest BCUT2D eigenvalue weighted by Crippen LogP contribution is 2.35. The molecule has 1 heterocycles. The largest absolute Gasteiger partial charge is 0.497 e. The SMILES string of the molecule is COc1ccc(/C=C2\C=C(c3ccccc3)N(c3ccc(Cl)cc3)C2=O)cc1. The molecule has 0 unspecified atom stereocenters. The van der Waals surface area contributed by atoms with E-state index in [1.807, 2.05) is 78.9 Å². The number of rotatable bonds is 4. The van der Waals surface area contributed by atoms with Gasteiger partial charge in [-0.3, -0.25) is 9.69 Å². The smallest absolute Gasteiger partial charge is 0.262 e. The van der Waals surface area contributed by atoms with Crippen molar-refractivity contribution in [2.45, 2.75) is 0 Å². The molecule has 4 rings (SSSR count). The predicted molar refractivity (Wildman–Crippen MR) is 114 cm³/mol. The molecular weight excluding hydrogens is 370 g/mol. The fourth-order valence-electron chi connectivity index (χ4n) is 3.16. The van der Waals surface area contributed by atoms with Gasteiger partial charge in [0.2, 0.25) is 0 Å². The highest BCUT2D eigenvalue weighted by Gasteiger charge is 2.30. The lowest BCUT2D eigenvalue weighted by Crippen LogP contribution is -2.24. The van der Waals surface area contributed by atoms with E-state index in [0.29, 0.717) is 10.6 Å². The molecule has 3 aromatic rings. The minimum absolute atomic E-state index is 0.0722. The molecule has 3 nitrogen and oxygen atoms in total. The van der Waals surface area contributed by atoms with E-state index >= 15 is 0 Å². The van der Waals surface area contributed by atoms with Gasteiger partial charge in [0, 0.05) is 16.3 Å². The average Bonchev–Trinajstić information content (AvgIpc) is 3.06. The summed E-state index contributed by atoms with van der Waals surface area (Å²) in [4.78, 5) is 15.0. The zero-order valence-electron chi connectivity index (χ0n) is 15.3. The standard InChI is InChI=1S/C24H18ClNO2/c1-28-22-13-7-17(8-14-22)15-19-16-23(18-5-3-2-4-6-18)26(24(19)27)21-11-9-20(25)10-12-21/h2-16H,1H3/b19-15+. The maximum Gasteiger partial charge on any atom is 0.262 e. The zero-order valence-corrected chi connectivity index (χ0v) is 16.1. The van der Waals surface area contributed by atoms with Gasteiger partial charge in [0.25, 0.3) is 5.91 Å². The van der Waals surface area contributed by atoms with Gasteiger partial charge >= 0.3 is 0 Å². The van der Waals surface area contributed by atoms with Crippen molar-refractivity contribution < 1.29 is 9.53 Å². The second-order valence-corrected chi connectivity index (χ2v) is 6.82. The normalized spacial score (nSPS) is 15.1. The van der Waals surface area contributed by atoms with Gasteiger partial charge in [0.05, 0.1) is 12.8 Å². The molecule has 0 fully saturated rings. The van der Waals surface area contributed by atoms with Crippen LogP contribution in [0.5, 0.6) is 5.75 Å². The Kier molecular flexibility index (Phi) is 5.00. The maximum atomic E-state index is 13.2. The summed E-state index contributed by atoms with van der Waals surface area (Å²) in [6.45, 7) is 0. The van der Waals surface area contributed by atoms with Crippen LogP contribution >= 0.6 is 11.6 Å². The van der Waals surface area contributed by atoms with E-state index < -0.39 is 0 Å². The van der Waals surface area contributed by atoms with Crippen LogP contribution in [0.3, 0.4) is 0 Å². The Hall–Kier alpha value is -3.30. The van der Waals surface area contributed by atoms with Gasteiger partial charge in [-0.15, -0.1) is 0 Å². The van der Waals surface area contributed by atoms with E-state index in [1.54, 1.807) is 24.1 Å². The molecule has 0 saturated carbocycles. The van der Waals surface area contributed by atoms with Crippen LogP contribution in [0.4, 0.5) is 5.69 Å². The second-order valence-electron chi connectivity index (χ2n) is 6.39. The third kappa shape index (κ3) is 3.57. The van der Waals surface area contributed by atoms with Gasteiger partial charge in [-0.05, 0) is 59.7 Å². The quantitative estimate of drug-likeness (QED) is 0.528. The number of ether oxygens (including phenoxy) is 1. The first kappa shape index (κ1) is 18.1. The summed E-state index contributed by atoms with van der Waals surface area (Å²) in [6, 6.07) is 24.8. The summed E-state index contributed by atoms with van der Waals surface area (Å²) in [6.07, 6.45) is 3.82. The van der Waals surface area contributed by atoms with Gasteiger partial charge in [-0.2, -0.15) is 0 Å². The molecule has 4 heteroatoms. The maximum absolute atomic E-state index is 13.2. The fourth-order valence-corrected chi connectivity index (χ4v) is 3.29. The predicted octanol–water partition coefficient (Wildman–Crippen LogP) is 5.82. The Labute approximate surface area is 169 Å². The number of anilines is 1. The molecule has 0 saturated heterocycles. The van der Waals surface area contributed by atoms with Crippen molar-refractivity contribution in [3.8, 4) is 5.75 Å². The van der Waals surface area contributed by atoms with E-state index in [4.69, 9.17) is 16.3 Å². The van der Waals surface area contributed by atoms with Crippen molar-refractivity contribution in [2.24, 2.45) is 0 Å². The van der Waals surface area contributed by atoms with Crippen molar-refractivity contribution in [2.75, 3.05) is 12.0 Å². The number of hydrogen-bond donors (Lipinski definition) is 0. The second kappa shape index (κ2) is 7.75. The number of nitrogens with zero attached hydrogens (tertiary/aromatic N) is 1. The van der Waals surface area contributed by atoms with E-state index in [1.165, 1.54) is 0 Å². The molecule has 0 bridgehead atoms. The summed E-state index contributed by atoms with van der Waals surface area (Å²) in [5, 5.41) is 0.634. The van der Waals surface area contributed by atoms with Gasteiger partial charge in [0.15, 0.2) is 0 Å². The van der Waals surface area contributed by atoms with Gasteiger partial charge < -0.3 is 4.74 Å². The molecule has 0 spiro atoms. The van der Waals surface area contributed by atoms with Crippen molar-refractivity contribution >= 4 is 35.0 Å². The third-order valence-electron chi connectivity index (χ3n) is 4.58. The van der Waals surface area contributed by atoms with Gasteiger partial charge in [-0.1, -0.05) is 54.1 Å². The van der Waals surface area contributed by atoms with Gasteiger partial charge in [0.1, 0.15) is 5.75 Å². The lowest BCUT2D eigenvalue weighted by molar-refractivity contribution is -0.113. The number of benzene rings is 3. The molecule has 1 aliphatic rings. The van der Waals surface area contributed by atoms with Crippen LogP contribution in [-0.4, -0.2) is 13.0 Å². The van der Waals surface area contributed by atoms with Crippen LogP contribution < -0.4 is 9.64 Å². The Balaban J connectivity index is 1.78. The molecule has 1 amide bonds. The Morgan fingerprint density at radius 3 is 2.21 bits per heavy atom. The van der Waals surface area contributed by atoms with Crippen LogP contribution in [0, 0.1) is 0 Å². The van der Waals surface area contributed by atoms with Crippen LogP contribution in [0.15, 0.2) is 90.5 Å². The lowest BCUT2D eigenvalue weighted by atomic mass is 10.1. The van der Waals surface area contributed by atoms with E-state index in [-0.39, 0.29) is 5.91 Å². The van der Waals surface area contributed by atoms with Crippen LogP contribution in [-0.2, 0) is 4.79 Å². The van der Waals surface area contributed by atoms with Crippen LogP contribution in [0.1, 0.15) is 11.1 Å². The molecule has 138 valence electrons. The first-order valence-electron chi connectivity index (χ1n) is 8.88. The Bertz CT molecular complexity index is 1050. The summed E-state index contributed by atoms with van der Waals surface area (Å²) < 4.78 is 5.20. The van der Waals surface area contributed by atoms with E-state index in [9.17, 15) is 4.79 Å². The number of carbonyl (C=O) groups is 1. The third-order valence-corrected chi connectivity index (χ3v) is 4.83. The Morgan fingerprint density at radius 2 is 1.57 bits per heavy atom. The molecule has 0 radical (unpaired) electrons. The van der Waals surface area contributed by atoms with Crippen molar-refractivity contribution in [1.29, 1.82) is 0 Å². The highest BCUT2D eigenvalue weighted by molar-refractivity contribution is 6.30. The van der Waals surface area contributed by atoms with E-state index in [2.05, 4.69) is 0 Å². The Morgan fingerprint density at radius 1 is 0.893 bits per heavy atom. The average molecular weight is 388 g/mol. The summed E-state index contributed by atoms with van der Waals surface area (Å²) in [5.74, 6) is 0.709. The number of halogens is 1. The highest BCUT2D eigenvalue weighted by atomic mass is 35.5. The monoisotopic (exact) mass is 387 g/mol. The fraction of sp³-hybridized carbons (Fsp3) is 0.0417. The summed E-state index contributed by atoms with van der Waals surface area (Å²) >= 11 is 6.03. The first-order valence-corrected chi connectivity index (χ1v) is 9.26. The number of methoxy groups -OCH3 is 1. The molecule has 3 aromatic carbocycles. The number of amides is 1. The van der Waals surface area contributed by atoms with Crippen molar-refractivity contribution in [3.63, 3.8) is 0 Å². The molecule has 0 aliphatic carbocycles. The molecule has 0 N–H and O–H groups in total. The zero-order chi connectivity index (χ0) is 19.5. The summed E-state index contributed by atoms with van der Waals surface area (Å²) in [5.41, 5.74) is 4.16. The first-order chi connectivity index (χ1) is 13.7. The van der Waals surface area contributed by atoms with Crippen molar-refractivity contribution in [1.82, 2.24) is 0 Å². The molecule has 28 heavy (non-hydrogen) atoms. The number of carbonyl (C=O) groups excluding carboxylic acids is 1. The molecule has 0 atom stereocenters. The molecule has 1 aliphatic heterocycles. The lowest BCUT2D eigenvalue weighted by Gasteiger charge is -2.21. The van der Waals surface area contributed by atoms with Crippen LogP contribution in [0.25, 0.3) is 11.8 Å². The van der Waals surface area contributed by atoms with Crippen LogP contribution in [0.2, 0.25) is 5.02 Å². The van der Waals surface area contributed by atoms with E-state index in [0.717, 1.165) is 28.3 Å². The van der Waals surface area contributed by atoms with Gasteiger partial charge in [-0.25, -0.2) is 0 Å². The topological polar surface area (TPSA) is 29.5 Å². The minimum Gasteiger partial charge on any atom is -0.497 e.